The number of hydrogen-bond acceptors (Lipinski definition) is 1. The van der Waals surface area contributed by atoms with E-state index in [2.05, 4.69) is 13.8 Å². The first-order valence-electron chi connectivity index (χ1n) is 4.94. The summed E-state index contributed by atoms with van der Waals surface area (Å²) < 4.78 is 1.13. The van der Waals surface area contributed by atoms with Gasteiger partial charge in [-0.05, 0) is 12.1 Å². The Morgan fingerprint density at radius 2 is 1.86 bits per heavy atom. The lowest BCUT2D eigenvalue weighted by molar-refractivity contribution is -0.459. The standard InChI is InChI=1S/C12H15NO/c1-12(2)8-11(13(14)9-12)10-6-4-3-5-7-10/h3-7H,8-9H2,1-2H3. The molecule has 0 aliphatic carbocycles. The van der Waals surface area contributed by atoms with Crippen LogP contribution in [-0.2, 0) is 0 Å². The van der Waals surface area contributed by atoms with Crippen LogP contribution in [0.3, 0.4) is 0 Å². The van der Waals surface area contributed by atoms with Crippen molar-refractivity contribution in [1.82, 2.24) is 0 Å². The molecule has 0 N–H and O–H groups in total. The van der Waals surface area contributed by atoms with Gasteiger partial charge in [0.15, 0.2) is 12.3 Å². The van der Waals surface area contributed by atoms with E-state index in [9.17, 15) is 5.21 Å². The minimum atomic E-state index is 0.118. The van der Waals surface area contributed by atoms with Crippen LogP contribution in [0.4, 0.5) is 0 Å². The molecule has 0 saturated heterocycles. The van der Waals surface area contributed by atoms with Gasteiger partial charge in [-0.1, -0.05) is 32.0 Å². The monoisotopic (exact) mass is 189 g/mol. The Balaban J connectivity index is 2.33. The van der Waals surface area contributed by atoms with Crippen molar-refractivity contribution in [2.45, 2.75) is 20.3 Å². The molecule has 2 heteroatoms. The average molecular weight is 189 g/mol. The summed E-state index contributed by atoms with van der Waals surface area (Å²) >= 11 is 0. The largest absolute Gasteiger partial charge is 0.624 e. The van der Waals surface area contributed by atoms with Crippen LogP contribution < -0.4 is 0 Å². The van der Waals surface area contributed by atoms with Gasteiger partial charge in [0.25, 0.3) is 0 Å². The van der Waals surface area contributed by atoms with E-state index >= 15 is 0 Å². The lowest BCUT2D eigenvalue weighted by atomic mass is 9.89. The van der Waals surface area contributed by atoms with Gasteiger partial charge in [-0.25, -0.2) is 4.74 Å². The summed E-state index contributed by atoms with van der Waals surface area (Å²) in [6.45, 7) is 4.87. The van der Waals surface area contributed by atoms with Crippen LogP contribution in [0.25, 0.3) is 0 Å². The maximum Gasteiger partial charge on any atom is 0.195 e. The molecule has 0 saturated carbocycles. The molecule has 0 unspecified atom stereocenters. The van der Waals surface area contributed by atoms with Crippen molar-refractivity contribution in [1.29, 1.82) is 0 Å². The van der Waals surface area contributed by atoms with Crippen molar-refractivity contribution < 1.29 is 4.74 Å². The molecule has 0 amide bonds. The molecule has 0 fully saturated rings. The van der Waals surface area contributed by atoms with Crippen LogP contribution in [0.15, 0.2) is 30.3 Å². The van der Waals surface area contributed by atoms with E-state index in [1.54, 1.807) is 0 Å². The van der Waals surface area contributed by atoms with Crippen molar-refractivity contribution in [3.63, 3.8) is 0 Å². The fraction of sp³-hybridized carbons (Fsp3) is 0.417. The van der Waals surface area contributed by atoms with E-state index in [1.165, 1.54) is 0 Å². The second-order valence-electron chi connectivity index (χ2n) is 4.69. The first-order valence-corrected chi connectivity index (χ1v) is 4.94. The molecule has 1 aromatic carbocycles. The molecule has 1 aliphatic heterocycles. The average Bonchev–Trinajstić information content (AvgIpc) is 2.41. The van der Waals surface area contributed by atoms with Crippen LogP contribution >= 0.6 is 0 Å². The van der Waals surface area contributed by atoms with Gasteiger partial charge in [0.2, 0.25) is 0 Å². The highest BCUT2D eigenvalue weighted by atomic mass is 16.5. The summed E-state index contributed by atoms with van der Waals surface area (Å²) in [6, 6.07) is 9.92. The van der Waals surface area contributed by atoms with Crippen molar-refractivity contribution >= 4 is 5.71 Å². The molecule has 2 rings (SSSR count). The maximum absolute atomic E-state index is 11.7. The quantitative estimate of drug-likeness (QED) is 0.492. The number of rotatable bonds is 1. The van der Waals surface area contributed by atoms with Gasteiger partial charge in [-0.3, -0.25) is 0 Å². The van der Waals surface area contributed by atoms with E-state index in [-0.39, 0.29) is 5.41 Å². The Hall–Kier alpha value is -1.31. The van der Waals surface area contributed by atoms with Crippen molar-refractivity contribution in [2.24, 2.45) is 5.41 Å². The third-order valence-corrected chi connectivity index (χ3v) is 2.63. The third kappa shape index (κ3) is 1.65. The predicted octanol–water partition coefficient (Wildman–Crippen LogP) is 2.42. The Labute approximate surface area is 84.5 Å². The van der Waals surface area contributed by atoms with Gasteiger partial charge in [-0.2, -0.15) is 0 Å². The summed E-state index contributed by atoms with van der Waals surface area (Å²) in [4.78, 5) is 0. The lowest BCUT2D eigenvalue weighted by Crippen LogP contribution is -2.14. The van der Waals surface area contributed by atoms with Gasteiger partial charge in [0.05, 0.1) is 0 Å². The Morgan fingerprint density at radius 1 is 1.21 bits per heavy atom. The molecule has 1 aromatic rings. The molecule has 1 aliphatic rings. The SMILES string of the molecule is CC1(C)CC(c2ccccc2)=[N+]([O-])C1. The Morgan fingerprint density at radius 3 is 2.36 bits per heavy atom. The van der Waals surface area contributed by atoms with Gasteiger partial charge in [0, 0.05) is 17.4 Å². The van der Waals surface area contributed by atoms with Crippen LogP contribution in [0.2, 0.25) is 0 Å². The first-order chi connectivity index (χ1) is 6.58. The van der Waals surface area contributed by atoms with E-state index in [0.717, 1.165) is 22.4 Å². The van der Waals surface area contributed by atoms with Crippen molar-refractivity contribution in [3.8, 4) is 0 Å². The zero-order valence-electron chi connectivity index (χ0n) is 8.66. The maximum atomic E-state index is 11.7. The normalized spacial score (nSPS) is 20.1. The van der Waals surface area contributed by atoms with Crippen LogP contribution in [0.5, 0.6) is 0 Å². The minimum absolute atomic E-state index is 0.118. The van der Waals surface area contributed by atoms with E-state index in [4.69, 9.17) is 0 Å². The Kier molecular flexibility index (Phi) is 2.06. The topological polar surface area (TPSA) is 26.1 Å². The second kappa shape index (κ2) is 3.12. The summed E-state index contributed by atoms with van der Waals surface area (Å²) in [7, 11) is 0. The number of hydroxylamine groups is 1. The molecule has 0 spiro atoms. The summed E-state index contributed by atoms with van der Waals surface area (Å²) in [5, 5.41) is 11.7. The summed E-state index contributed by atoms with van der Waals surface area (Å²) in [5.41, 5.74) is 2.11. The second-order valence-corrected chi connectivity index (χ2v) is 4.69. The molecule has 0 radical (unpaired) electrons. The molecule has 1 heterocycles. The van der Waals surface area contributed by atoms with E-state index in [1.807, 2.05) is 30.3 Å². The van der Waals surface area contributed by atoms with Gasteiger partial charge >= 0.3 is 0 Å². The van der Waals surface area contributed by atoms with Crippen LogP contribution in [0.1, 0.15) is 25.8 Å². The number of benzene rings is 1. The predicted molar refractivity (Wildman–Crippen MR) is 57.4 cm³/mol. The zero-order valence-corrected chi connectivity index (χ0v) is 8.66. The fourth-order valence-electron chi connectivity index (χ4n) is 1.96. The zero-order chi connectivity index (χ0) is 10.2. The van der Waals surface area contributed by atoms with Crippen LogP contribution in [0, 0.1) is 10.6 Å². The molecule has 74 valence electrons. The first kappa shape index (κ1) is 9.25. The highest BCUT2D eigenvalue weighted by molar-refractivity contribution is 5.98. The van der Waals surface area contributed by atoms with Gasteiger partial charge in [-0.15, -0.1) is 0 Å². The van der Waals surface area contributed by atoms with Gasteiger partial charge < -0.3 is 5.21 Å². The summed E-state index contributed by atoms with van der Waals surface area (Å²) in [6.07, 6.45) is 0.876. The van der Waals surface area contributed by atoms with Crippen LogP contribution in [-0.4, -0.2) is 17.0 Å². The van der Waals surface area contributed by atoms with Gasteiger partial charge in [0.1, 0.15) is 0 Å². The molecule has 0 bridgehead atoms. The number of hydrogen-bond donors (Lipinski definition) is 0. The highest BCUT2D eigenvalue weighted by Gasteiger charge is 2.35. The minimum Gasteiger partial charge on any atom is -0.624 e. The molecular formula is C12H15NO. The molecule has 0 atom stereocenters. The summed E-state index contributed by atoms with van der Waals surface area (Å²) in [5.74, 6) is 0. The van der Waals surface area contributed by atoms with E-state index in [0.29, 0.717) is 6.54 Å². The molecular weight excluding hydrogens is 174 g/mol. The third-order valence-electron chi connectivity index (χ3n) is 2.63. The molecule has 14 heavy (non-hydrogen) atoms. The fourth-order valence-corrected chi connectivity index (χ4v) is 1.96. The smallest absolute Gasteiger partial charge is 0.195 e. The van der Waals surface area contributed by atoms with E-state index < -0.39 is 0 Å². The molecule has 2 nitrogen and oxygen atoms in total. The molecule has 0 aromatic heterocycles. The Bertz CT molecular complexity index is 365. The van der Waals surface area contributed by atoms with Crippen molar-refractivity contribution in [2.75, 3.05) is 6.54 Å². The van der Waals surface area contributed by atoms with Crippen molar-refractivity contribution in [3.05, 3.63) is 41.1 Å². The highest BCUT2D eigenvalue weighted by Crippen LogP contribution is 2.28. The number of nitrogens with zero attached hydrogens (tertiary/aromatic N) is 1. The lowest BCUT2D eigenvalue weighted by Gasteiger charge is -2.10.